The molecule has 1 N–H and O–H groups in total. The summed E-state index contributed by atoms with van der Waals surface area (Å²) in [6.07, 6.45) is 10.5. The van der Waals surface area contributed by atoms with Gasteiger partial charge >= 0.3 is 0 Å². The number of hydrogen-bond donors (Lipinski definition) is 1. The van der Waals surface area contributed by atoms with Gasteiger partial charge in [-0.25, -0.2) is 0 Å². The molecule has 0 saturated heterocycles. The minimum Gasteiger partial charge on any atom is -0.506 e. The standard InChI is InChI=1S/C21H27BrN2O2/c1-2-3-7-12-24-19-11-10-15(22)13-17(19)20(25)18(21(24)26)14-23-16-8-5-4-6-9-16/h10-11,13-14,16,25H,2-9,12H2,1H3. The van der Waals surface area contributed by atoms with E-state index in [1.54, 1.807) is 10.8 Å². The van der Waals surface area contributed by atoms with E-state index in [1.807, 2.05) is 18.2 Å². The van der Waals surface area contributed by atoms with Gasteiger partial charge in [0.1, 0.15) is 11.3 Å². The molecule has 0 spiro atoms. The summed E-state index contributed by atoms with van der Waals surface area (Å²) in [5.41, 5.74) is 0.951. The number of aromatic nitrogens is 1. The Morgan fingerprint density at radius 1 is 1.27 bits per heavy atom. The van der Waals surface area contributed by atoms with E-state index in [9.17, 15) is 9.90 Å². The number of benzene rings is 1. The number of rotatable bonds is 6. The molecule has 1 saturated carbocycles. The second-order valence-corrected chi connectivity index (χ2v) is 8.07. The molecule has 1 aliphatic rings. The van der Waals surface area contributed by atoms with Gasteiger partial charge in [-0.15, -0.1) is 0 Å². The number of hydrogen-bond acceptors (Lipinski definition) is 3. The van der Waals surface area contributed by atoms with Gasteiger partial charge < -0.3 is 9.67 Å². The predicted molar refractivity (Wildman–Crippen MR) is 112 cm³/mol. The van der Waals surface area contributed by atoms with E-state index in [-0.39, 0.29) is 17.4 Å². The summed E-state index contributed by atoms with van der Waals surface area (Å²) in [5, 5.41) is 11.4. The van der Waals surface area contributed by atoms with Crippen molar-refractivity contribution in [2.45, 2.75) is 70.9 Å². The monoisotopic (exact) mass is 418 g/mol. The Labute approximate surface area is 163 Å². The topological polar surface area (TPSA) is 54.6 Å². The molecule has 0 aliphatic heterocycles. The van der Waals surface area contributed by atoms with E-state index < -0.39 is 0 Å². The van der Waals surface area contributed by atoms with E-state index in [0.717, 1.165) is 42.1 Å². The first-order chi connectivity index (χ1) is 12.6. The summed E-state index contributed by atoms with van der Waals surface area (Å²) in [6.45, 7) is 2.81. The lowest BCUT2D eigenvalue weighted by Gasteiger charge is -2.18. The summed E-state index contributed by atoms with van der Waals surface area (Å²) in [6, 6.07) is 5.95. The summed E-state index contributed by atoms with van der Waals surface area (Å²) < 4.78 is 2.67. The zero-order valence-corrected chi connectivity index (χ0v) is 17.0. The number of aromatic hydroxyl groups is 1. The highest BCUT2D eigenvalue weighted by molar-refractivity contribution is 9.10. The molecule has 1 aliphatic carbocycles. The van der Waals surface area contributed by atoms with Crippen LogP contribution >= 0.6 is 15.9 Å². The second kappa shape index (κ2) is 8.85. The summed E-state index contributed by atoms with van der Waals surface area (Å²) >= 11 is 3.47. The first kappa shape index (κ1) is 19.2. The third-order valence-electron chi connectivity index (χ3n) is 5.21. The Bertz CT molecular complexity index is 851. The summed E-state index contributed by atoms with van der Waals surface area (Å²) in [7, 11) is 0. The Morgan fingerprint density at radius 2 is 2.04 bits per heavy atom. The van der Waals surface area contributed by atoms with Crippen LogP contribution in [-0.4, -0.2) is 21.9 Å². The van der Waals surface area contributed by atoms with Crippen LogP contribution in [0, 0.1) is 0 Å². The van der Waals surface area contributed by atoms with Crippen LogP contribution in [0.2, 0.25) is 0 Å². The molecule has 5 heteroatoms. The van der Waals surface area contributed by atoms with Crippen molar-refractivity contribution in [2.24, 2.45) is 4.99 Å². The molecule has 4 nitrogen and oxygen atoms in total. The normalized spacial score (nSPS) is 15.9. The molecule has 1 fully saturated rings. The molecular formula is C21H27BrN2O2. The van der Waals surface area contributed by atoms with Crippen LogP contribution in [-0.2, 0) is 6.54 Å². The molecule has 0 bridgehead atoms. The molecule has 140 valence electrons. The summed E-state index contributed by atoms with van der Waals surface area (Å²) in [5.74, 6) is 0.0394. The predicted octanol–water partition coefficient (Wildman–Crippen LogP) is 5.41. The van der Waals surface area contributed by atoms with Crippen LogP contribution in [0.5, 0.6) is 5.75 Å². The lowest BCUT2D eigenvalue weighted by Crippen LogP contribution is -2.25. The number of unbranched alkanes of at least 4 members (excludes halogenated alkanes) is 2. The van der Waals surface area contributed by atoms with Crippen molar-refractivity contribution in [2.75, 3.05) is 0 Å². The Balaban J connectivity index is 2.06. The lowest BCUT2D eigenvalue weighted by atomic mass is 9.96. The average Bonchev–Trinajstić information content (AvgIpc) is 2.65. The molecule has 2 aromatic rings. The van der Waals surface area contributed by atoms with Crippen LogP contribution in [0.15, 0.2) is 32.5 Å². The smallest absolute Gasteiger partial charge is 0.263 e. The number of fused-ring (bicyclic) bond motifs is 1. The van der Waals surface area contributed by atoms with Crippen LogP contribution in [0.1, 0.15) is 63.9 Å². The Hall–Kier alpha value is -1.62. The lowest BCUT2D eigenvalue weighted by molar-refractivity contribution is 0.444. The van der Waals surface area contributed by atoms with E-state index >= 15 is 0 Å². The molecule has 1 aromatic carbocycles. The molecule has 0 unspecified atom stereocenters. The van der Waals surface area contributed by atoms with Crippen LogP contribution in [0.25, 0.3) is 10.9 Å². The van der Waals surface area contributed by atoms with Gasteiger partial charge in [0.25, 0.3) is 5.56 Å². The highest BCUT2D eigenvalue weighted by atomic mass is 79.9. The SMILES string of the molecule is CCCCCn1c(=O)c(C=NC2CCCCC2)c(O)c2cc(Br)ccc21. The van der Waals surface area contributed by atoms with Gasteiger partial charge in [0.15, 0.2) is 0 Å². The number of pyridine rings is 1. The molecular weight excluding hydrogens is 392 g/mol. The van der Waals surface area contributed by atoms with Crippen molar-refractivity contribution >= 4 is 33.0 Å². The maximum Gasteiger partial charge on any atom is 0.263 e. The maximum atomic E-state index is 13.1. The van der Waals surface area contributed by atoms with Crippen molar-refractivity contribution in [3.63, 3.8) is 0 Å². The van der Waals surface area contributed by atoms with E-state index in [4.69, 9.17) is 0 Å². The van der Waals surface area contributed by atoms with Crippen LogP contribution in [0.4, 0.5) is 0 Å². The van der Waals surface area contributed by atoms with E-state index in [2.05, 4.69) is 27.8 Å². The Morgan fingerprint density at radius 3 is 2.77 bits per heavy atom. The number of nitrogens with zero attached hydrogens (tertiary/aromatic N) is 2. The first-order valence-corrected chi connectivity index (χ1v) is 10.5. The van der Waals surface area contributed by atoms with Crippen LogP contribution < -0.4 is 5.56 Å². The number of aliphatic imine (C=N–C) groups is 1. The van der Waals surface area contributed by atoms with Gasteiger partial charge in [-0.2, -0.15) is 0 Å². The first-order valence-electron chi connectivity index (χ1n) is 9.70. The van der Waals surface area contributed by atoms with Crippen molar-refractivity contribution < 1.29 is 5.11 Å². The molecule has 26 heavy (non-hydrogen) atoms. The largest absolute Gasteiger partial charge is 0.506 e. The molecule has 3 rings (SSSR count). The van der Waals surface area contributed by atoms with Crippen molar-refractivity contribution in [3.8, 4) is 5.75 Å². The van der Waals surface area contributed by atoms with Gasteiger partial charge in [0.05, 0.1) is 5.52 Å². The fraction of sp³-hybridized carbons (Fsp3) is 0.524. The summed E-state index contributed by atoms with van der Waals surface area (Å²) in [4.78, 5) is 17.7. The highest BCUT2D eigenvalue weighted by Crippen LogP contribution is 2.29. The van der Waals surface area contributed by atoms with Gasteiger partial charge in [-0.3, -0.25) is 9.79 Å². The molecule has 0 radical (unpaired) electrons. The van der Waals surface area contributed by atoms with Gasteiger partial charge in [-0.05, 0) is 37.5 Å². The highest BCUT2D eigenvalue weighted by Gasteiger charge is 2.17. The fourth-order valence-corrected chi connectivity index (χ4v) is 4.06. The minimum absolute atomic E-state index is 0.0394. The fourth-order valence-electron chi connectivity index (χ4n) is 3.70. The van der Waals surface area contributed by atoms with Crippen molar-refractivity contribution in [3.05, 3.63) is 38.6 Å². The maximum absolute atomic E-state index is 13.1. The minimum atomic E-state index is -0.145. The quantitative estimate of drug-likeness (QED) is 0.503. The zero-order chi connectivity index (χ0) is 18.5. The molecule has 0 atom stereocenters. The van der Waals surface area contributed by atoms with Gasteiger partial charge in [-0.1, -0.05) is 55.0 Å². The third-order valence-corrected chi connectivity index (χ3v) is 5.70. The van der Waals surface area contributed by atoms with Gasteiger partial charge in [0, 0.05) is 28.7 Å². The second-order valence-electron chi connectivity index (χ2n) is 7.16. The van der Waals surface area contributed by atoms with Crippen molar-refractivity contribution in [1.82, 2.24) is 4.57 Å². The van der Waals surface area contributed by atoms with Gasteiger partial charge in [0.2, 0.25) is 0 Å². The zero-order valence-electron chi connectivity index (χ0n) is 15.4. The Kier molecular flexibility index (Phi) is 6.52. The molecule has 0 amide bonds. The molecule has 1 heterocycles. The van der Waals surface area contributed by atoms with E-state index in [1.165, 1.54) is 19.3 Å². The van der Waals surface area contributed by atoms with Crippen molar-refractivity contribution in [1.29, 1.82) is 0 Å². The van der Waals surface area contributed by atoms with E-state index in [0.29, 0.717) is 17.5 Å². The molecule has 1 aromatic heterocycles. The van der Waals surface area contributed by atoms with Crippen LogP contribution in [0.3, 0.4) is 0 Å². The third kappa shape index (κ3) is 4.20. The average molecular weight is 419 g/mol. The number of aryl methyl sites for hydroxylation is 1. The number of halogens is 1.